The Morgan fingerprint density at radius 3 is 1.05 bits per heavy atom. The van der Waals surface area contributed by atoms with Crippen molar-refractivity contribution in [3.05, 3.63) is 142 Å². The molecular weight excluding hydrogens is 1510 g/mol. The lowest BCUT2D eigenvalue weighted by molar-refractivity contribution is -0.169. The van der Waals surface area contributed by atoms with E-state index in [1.807, 2.05) is 52.0 Å². The van der Waals surface area contributed by atoms with Crippen molar-refractivity contribution >= 4 is 125 Å². The van der Waals surface area contributed by atoms with E-state index in [0.717, 1.165) is 209 Å². The number of ether oxygens (including phenoxy) is 3. The molecule has 0 atom stereocenters. The first-order valence-corrected chi connectivity index (χ1v) is 40.2. The summed E-state index contributed by atoms with van der Waals surface area (Å²) in [6, 6.07) is 17.6. The van der Waals surface area contributed by atoms with E-state index in [1.54, 1.807) is 13.8 Å². The molecule has 5 aliphatic rings. The average Bonchev–Trinajstić information content (AvgIpc) is 1.29. The summed E-state index contributed by atoms with van der Waals surface area (Å²) in [4.78, 5) is 55.6. The van der Waals surface area contributed by atoms with Crippen LogP contribution in [0.4, 0.5) is 17.5 Å². The van der Waals surface area contributed by atoms with Crippen molar-refractivity contribution < 1.29 is 37.1 Å². The standard InChI is InChI=1S/C25H32ClN5O2.C22H25ClN4O3.C20H21ClN4O2.C15H13Cl2N3O/c1-4-17-13-20-15(2)22(25-27-16(3)30-33-25)24(29-23(20)21(26)14-17)31-9-5-18(6-10-31)28-19-7-11-32-12-8-19;1-4-15-11-16-13(2)18(21-24-14(3)26-30-21)20(25-19(16)17(23)12-15)27-7-5-22(6-8-27)28-9-10-29-22;1-4-13-9-15-11(2)17(20-22-12(3)24-27-20)19(23-18(15)16(21)10-13)25-7-5-14(26)6-8-25;1-4-9-5-10-7(2)12(15-18-8(3)20-21-15)14(17)19-13(10)11(16)6-9/h13-14,18-19,28H,4-12H2,1-3H3;11-12H,4-10H2,1-3H3;9-10H,4-8H2,1-3H3;5-6H,4H2,1-3H3. The van der Waals surface area contributed by atoms with Gasteiger partial charge in [-0.25, -0.2) is 19.9 Å². The average molecular weight is 1610 g/mol. The van der Waals surface area contributed by atoms with Gasteiger partial charge in [-0.2, -0.15) is 19.9 Å². The van der Waals surface area contributed by atoms with E-state index in [2.05, 4.69) is 131 Å². The van der Waals surface area contributed by atoms with Gasteiger partial charge in [0.1, 0.15) is 28.4 Å². The third-order valence-corrected chi connectivity index (χ3v) is 23.1. The van der Waals surface area contributed by atoms with Crippen LogP contribution in [0.3, 0.4) is 0 Å². The molecule has 12 aromatic rings. The van der Waals surface area contributed by atoms with Crippen molar-refractivity contribution in [2.24, 2.45) is 0 Å². The monoisotopic (exact) mass is 1600 g/mol. The van der Waals surface area contributed by atoms with Gasteiger partial charge >= 0.3 is 0 Å². The summed E-state index contributed by atoms with van der Waals surface area (Å²) in [6.45, 7) is 31.5. The highest BCUT2D eigenvalue weighted by Gasteiger charge is 2.41. The molecule has 1 spiro atoms. The van der Waals surface area contributed by atoms with Crippen molar-refractivity contribution in [3.63, 3.8) is 0 Å². The molecule has 5 aliphatic heterocycles. The Morgan fingerprint density at radius 2 is 0.712 bits per heavy atom. The van der Waals surface area contributed by atoms with Crippen LogP contribution in [0.25, 0.3) is 89.4 Å². The molecule has 5 fully saturated rings. The maximum absolute atomic E-state index is 11.7. The minimum atomic E-state index is -0.447. The topological polar surface area (TPSA) is 274 Å². The van der Waals surface area contributed by atoms with Crippen LogP contribution < -0.4 is 20.0 Å². The van der Waals surface area contributed by atoms with Gasteiger partial charge in [-0.1, -0.05) is 106 Å². The molecule has 4 aromatic carbocycles. The lowest BCUT2D eigenvalue weighted by atomic mass is 9.98. The zero-order valence-corrected chi connectivity index (χ0v) is 68.5. The van der Waals surface area contributed by atoms with Crippen LogP contribution in [0.1, 0.15) is 147 Å². The Bertz CT molecular complexity index is 5430. The number of aryl methyl sites for hydroxylation is 12. The third kappa shape index (κ3) is 16.8. The zero-order valence-electron chi connectivity index (χ0n) is 64.7. The first-order chi connectivity index (χ1) is 53.5. The number of anilines is 3. The minimum absolute atomic E-state index is 0.282. The van der Waals surface area contributed by atoms with Crippen LogP contribution >= 0.6 is 58.0 Å². The van der Waals surface area contributed by atoms with Crippen LogP contribution in [-0.4, -0.2) is 150 Å². The number of nitrogens with one attached hydrogen (secondary N) is 1. The fraction of sp³-hybridized carbons (Fsp3) is 0.451. The Balaban J connectivity index is 0.000000125. The van der Waals surface area contributed by atoms with Crippen LogP contribution in [0, 0.1) is 55.4 Å². The number of piperidine rings is 3. The fourth-order valence-electron chi connectivity index (χ4n) is 15.4. The van der Waals surface area contributed by atoms with Gasteiger partial charge in [-0.3, -0.25) is 4.79 Å². The van der Waals surface area contributed by atoms with Gasteiger partial charge in [0.15, 0.2) is 29.1 Å². The number of ketones is 1. The number of fused-ring (bicyclic) bond motifs is 4. The van der Waals surface area contributed by atoms with Gasteiger partial charge in [0.05, 0.1) is 77.6 Å². The van der Waals surface area contributed by atoms with Crippen molar-refractivity contribution in [3.8, 4) is 45.8 Å². The number of rotatable bonds is 13. The Kier molecular flexibility index (Phi) is 24.2. The van der Waals surface area contributed by atoms with Gasteiger partial charge in [0, 0.05) is 112 Å². The van der Waals surface area contributed by atoms with E-state index < -0.39 is 5.79 Å². The first kappa shape index (κ1) is 79.1. The molecule has 24 nitrogen and oxygen atoms in total. The Hall–Kier alpha value is -8.56. The summed E-state index contributed by atoms with van der Waals surface area (Å²) in [5, 5.41) is 26.6. The molecule has 582 valence electrons. The fourth-order valence-corrected chi connectivity index (χ4v) is 16.9. The van der Waals surface area contributed by atoms with Crippen molar-refractivity contribution in [2.75, 3.05) is 80.4 Å². The molecular formula is C82H91Cl5N16O8. The molecule has 13 heterocycles. The van der Waals surface area contributed by atoms with Gasteiger partial charge in [-0.05, 0) is 200 Å². The van der Waals surface area contributed by atoms with Crippen LogP contribution in [0.15, 0.2) is 66.6 Å². The molecule has 0 bridgehead atoms. The number of nitrogens with zero attached hydrogens (tertiary/aromatic N) is 15. The minimum Gasteiger partial charge on any atom is -0.381 e. The van der Waals surface area contributed by atoms with Crippen molar-refractivity contribution in [1.82, 2.24) is 65.8 Å². The van der Waals surface area contributed by atoms with E-state index in [0.29, 0.717) is 134 Å². The Labute approximate surface area is 669 Å². The predicted molar refractivity (Wildman–Crippen MR) is 435 cm³/mol. The van der Waals surface area contributed by atoms with Gasteiger partial charge in [-0.15, -0.1) is 0 Å². The molecule has 8 aromatic heterocycles. The van der Waals surface area contributed by atoms with Crippen molar-refractivity contribution in [2.45, 2.75) is 178 Å². The molecule has 0 radical (unpaired) electrons. The largest absolute Gasteiger partial charge is 0.381 e. The molecule has 0 aliphatic carbocycles. The van der Waals surface area contributed by atoms with E-state index >= 15 is 0 Å². The number of benzene rings is 4. The summed E-state index contributed by atoms with van der Waals surface area (Å²) >= 11 is 32.5. The number of hydrogen-bond acceptors (Lipinski definition) is 24. The summed E-state index contributed by atoms with van der Waals surface area (Å²) < 4.78 is 39.2. The van der Waals surface area contributed by atoms with Crippen LogP contribution in [0.5, 0.6) is 0 Å². The molecule has 29 heteroatoms. The van der Waals surface area contributed by atoms with Gasteiger partial charge in [0.25, 0.3) is 23.6 Å². The molecule has 17 rings (SSSR count). The zero-order chi connectivity index (χ0) is 78.1. The lowest BCUT2D eigenvalue weighted by Crippen LogP contribution is -2.48. The smallest absolute Gasteiger partial charge is 0.261 e. The van der Waals surface area contributed by atoms with Crippen LogP contribution in [0.2, 0.25) is 25.2 Å². The van der Waals surface area contributed by atoms with Crippen LogP contribution in [-0.2, 0) is 44.7 Å². The predicted octanol–water partition coefficient (Wildman–Crippen LogP) is 18.4. The van der Waals surface area contributed by atoms with Crippen molar-refractivity contribution in [1.29, 1.82) is 0 Å². The highest BCUT2D eigenvalue weighted by atomic mass is 35.5. The van der Waals surface area contributed by atoms with E-state index in [9.17, 15) is 4.79 Å². The third-order valence-electron chi connectivity index (χ3n) is 21.7. The molecule has 0 amide bonds. The number of halogens is 5. The van der Waals surface area contributed by atoms with E-state index in [-0.39, 0.29) is 5.78 Å². The van der Waals surface area contributed by atoms with E-state index in [1.165, 1.54) is 11.1 Å². The first-order valence-electron chi connectivity index (χ1n) is 38.3. The molecule has 5 saturated heterocycles. The summed E-state index contributed by atoms with van der Waals surface area (Å²) in [7, 11) is 0. The SMILES string of the molecule is CCc1cc(Cl)c2nc(Cl)c(-c3nc(C)no3)c(C)c2c1.CCc1cc(Cl)c2nc(N3CCC(=O)CC3)c(-c3nc(C)no3)c(C)c2c1.CCc1cc(Cl)c2nc(N3CCC(NC4CCOCC4)CC3)c(-c3nc(C)no3)c(C)c2c1.CCc1cc(Cl)c2nc(N3CCC4(CC3)OCCO4)c(-c3nc(C)no3)c(C)c2c1. The second kappa shape index (κ2) is 34.0. The summed E-state index contributed by atoms with van der Waals surface area (Å²) in [5.41, 5.74) is 15.1. The number of carbonyl (C=O) groups is 1. The summed E-state index contributed by atoms with van der Waals surface area (Å²) in [5.74, 6) is 6.48. The maximum atomic E-state index is 11.7. The number of carbonyl (C=O) groups excluding carboxylic acids is 1. The second-order valence-corrected chi connectivity index (χ2v) is 31.0. The van der Waals surface area contributed by atoms with E-state index in [4.69, 9.17) is 105 Å². The highest BCUT2D eigenvalue weighted by molar-refractivity contribution is 6.38. The number of hydrogen-bond donors (Lipinski definition) is 1. The molecule has 0 unspecified atom stereocenters. The molecule has 0 saturated carbocycles. The number of aromatic nitrogens is 12. The number of Topliss-reactive ketones (excluding diaryl/α,β-unsaturated/α-hetero) is 1. The summed E-state index contributed by atoms with van der Waals surface area (Å²) in [6.07, 6.45) is 10.6. The highest BCUT2D eigenvalue weighted by Crippen LogP contribution is 2.45. The quantitative estimate of drug-likeness (QED) is 0.105. The second-order valence-electron chi connectivity index (χ2n) is 29.0. The maximum Gasteiger partial charge on any atom is 0.261 e. The molecule has 1 N–H and O–H groups in total. The van der Waals surface area contributed by atoms with Gasteiger partial charge in [0.2, 0.25) is 0 Å². The van der Waals surface area contributed by atoms with Gasteiger partial charge < -0.3 is 52.3 Å². The molecule has 111 heavy (non-hydrogen) atoms. The Morgan fingerprint density at radius 1 is 0.396 bits per heavy atom. The lowest BCUT2D eigenvalue weighted by Gasteiger charge is -2.38. The normalized spacial score (nSPS) is 16.3. The number of pyridine rings is 4.